The van der Waals surface area contributed by atoms with Crippen molar-refractivity contribution in [1.29, 1.82) is 0 Å². The Morgan fingerprint density at radius 3 is 2.81 bits per heavy atom. The first kappa shape index (κ1) is 12.4. The standard InChI is InChI=1S/C11H18N4O/c1-3-13-11(16)8-15(2)10-5-4-9(6-12)7-14-10/h4-5,7H,3,6,8,12H2,1-2H3,(H,13,16). The minimum absolute atomic E-state index is 0.00491. The van der Waals surface area contributed by atoms with E-state index in [2.05, 4.69) is 10.3 Å². The van der Waals surface area contributed by atoms with Gasteiger partial charge in [-0.25, -0.2) is 4.98 Å². The first-order valence-electron chi connectivity index (χ1n) is 5.30. The van der Waals surface area contributed by atoms with Crippen LogP contribution in [0.5, 0.6) is 0 Å². The maximum atomic E-state index is 11.3. The van der Waals surface area contributed by atoms with E-state index in [4.69, 9.17) is 5.73 Å². The van der Waals surface area contributed by atoms with Gasteiger partial charge < -0.3 is 16.0 Å². The Balaban J connectivity index is 2.58. The number of aromatic nitrogens is 1. The van der Waals surface area contributed by atoms with Crippen LogP contribution in [0, 0.1) is 0 Å². The SMILES string of the molecule is CCNC(=O)CN(C)c1ccc(CN)cn1. The summed E-state index contributed by atoms with van der Waals surface area (Å²) in [6.07, 6.45) is 1.73. The van der Waals surface area contributed by atoms with Crippen molar-refractivity contribution in [2.24, 2.45) is 5.73 Å². The van der Waals surface area contributed by atoms with Crippen molar-refractivity contribution in [1.82, 2.24) is 10.3 Å². The molecular formula is C11H18N4O. The van der Waals surface area contributed by atoms with Crippen molar-refractivity contribution in [3.8, 4) is 0 Å². The molecule has 0 aliphatic heterocycles. The Morgan fingerprint density at radius 1 is 1.56 bits per heavy atom. The van der Waals surface area contributed by atoms with E-state index < -0.39 is 0 Å². The van der Waals surface area contributed by atoms with Crippen molar-refractivity contribution >= 4 is 11.7 Å². The van der Waals surface area contributed by atoms with Crippen molar-refractivity contribution in [2.75, 3.05) is 25.0 Å². The number of amides is 1. The van der Waals surface area contributed by atoms with Gasteiger partial charge >= 0.3 is 0 Å². The number of anilines is 1. The van der Waals surface area contributed by atoms with Crippen LogP contribution in [0.15, 0.2) is 18.3 Å². The van der Waals surface area contributed by atoms with Crippen LogP contribution in [-0.2, 0) is 11.3 Å². The third-order valence-corrected chi connectivity index (χ3v) is 2.19. The molecule has 0 aromatic carbocycles. The lowest BCUT2D eigenvalue weighted by molar-refractivity contribution is -0.119. The number of carbonyl (C=O) groups is 1. The molecule has 5 heteroatoms. The van der Waals surface area contributed by atoms with Crippen molar-refractivity contribution in [3.05, 3.63) is 23.9 Å². The smallest absolute Gasteiger partial charge is 0.239 e. The van der Waals surface area contributed by atoms with Gasteiger partial charge in [-0.15, -0.1) is 0 Å². The maximum Gasteiger partial charge on any atom is 0.239 e. The molecule has 1 aromatic rings. The third kappa shape index (κ3) is 3.51. The molecule has 0 radical (unpaired) electrons. The van der Waals surface area contributed by atoms with Crippen LogP contribution in [0.4, 0.5) is 5.82 Å². The molecule has 0 spiro atoms. The Hall–Kier alpha value is -1.62. The fourth-order valence-corrected chi connectivity index (χ4v) is 1.31. The number of nitrogens with zero attached hydrogens (tertiary/aromatic N) is 2. The zero-order valence-corrected chi connectivity index (χ0v) is 9.73. The maximum absolute atomic E-state index is 11.3. The summed E-state index contributed by atoms with van der Waals surface area (Å²) in [5, 5.41) is 2.74. The van der Waals surface area contributed by atoms with Crippen LogP contribution in [0.3, 0.4) is 0 Å². The number of pyridine rings is 1. The summed E-state index contributed by atoms with van der Waals surface area (Å²) in [7, 11) is 1.83. The van der Waals surface area contributed by atoms with Crippen LogP contribution in [0.2, 0.25) is 0 Å². The average molecular weight is 222 g/mol. The predicted octanol–water partition coefficient (Wildman–Crippen LogP) is 0.113. The van der Waals surface area contributed by atoms with Crippen LogP contribution < -0.4 is 16.0 Å². The monoisotopic (exact) mass is 222 g/mol. The Bertz CT molecular complexity index is 336. The molecule has 1 aromatic heterocycles. The molecule has 3 N–H and O–H groups in total. The molecule has 0 saturated heterocycles. The fourth-order valence-electron chi connectivity index (χ4n) is 1.31. The van der Waals surface area contributed by atoms with Gasteiger partial charge in [0.25, 0.3) is 0 Å². The van der Waals surface area contributed by atoms with E-state index in [1.807, 2.05) is 26.1 Å². The van der Waals surface area contributed by atoms with Gasteiger partial charge in [0, 0.05) is 26.3 Å². The van der Waals surface area contributed by atoms with Crippen molar-refractivity contribution < 1.29 is 4.79 Å². The Kier molecular flexibility index (Phi) is 4.72. The second kappa shape index (κ2) is 6.07. The summed E-state index contributed by atoms with van der Waals surface area (Å²) in [6, 6.07) is 3.78. The van der Waals surface area contributed by atoms with Crippen molar-refractivity contribution in [3.63, 3.8) is 0 Å². The van der Waals surface area contributed by atoms with Gasteiger partial charge in [-0.3, -0.25) is 4.79 Å². The summed E-state index contributed by atoms with van der Waals surface area (Å²) in [6.45, 7) is 3.33. The van der Waals surface area contributed by atoms with Gasteiger partial charge in [0.05, 0.1) is 6.54 Å². The molecule has 0 aliphatic carbocycles. The zero-order chi connectivity index (χ0) is 12.0. The molecule has 1 heterocycles. The van der Waals surface area contributed by atoms with Crippen LogP contribution in [0.25, 0.3) is 0 Å². The van der Waals surface area contributed by atoms with E-state index in [1.165, 1.54) is 0 Å². The van der Waals surface area contributed by atoms with Gasteiger partial charge in [0.1, 0.15) is 5.82 Å². The molecule has 0 saturated carbocycles. The fraction of sp³-hybridized carbons (Fsp3) is 0.455. The molecule has 0 fully saturated rings. The lowest BCUT2D eigenvalue weighted by atomic mass is 10.3. The number of hydrogen-bond donors (Lipinski definition) is 2. The highest BCUT2D eigenvalue weighted by atomic mass is 16.2. The third-order valence-electron chi connectivity index (χ3n) is 2.19. The van der Waals surface area contributed by atoms with Gasteiger partial charge in [-0.2, -0.15) is 0 Å². The van der Waals surface area contributed by atoms with E-state index in [1.54, 1.807) is 11.1 Å². The highest BCUT2D eigenvalue weighted by Gasteiger charge is 2.07. The number of hydrogen-bond acceptors (Lipinski definition) is 4. The van der Waals surface area contributed by atoms with Crippen LogP contribution >= 0.6 is 0 Å². The molecule has 0 atom stereocenters. The van der Waals surface area contributed by atoms with Gasteiger partial charge in [0.2, 0.25) is 5.91 Å². The summed E-state index contributed by atoms with van der Waals surface area (Å²) in [5.74, 6) is 0.762. The minimum atomic E-state index is -0.00491. The Morgan fingerprint density at radius 2 is 2.31 bits per heavy atom. The van der Waals surface area contributed by atoms with Crippen LogP contribution in [0.1, 0.15) is 12.5 Å². The molecule has 88 valence electrons. The number of likely N-dealkylation sites (N-methyl/N-ethyl adjacent to an activating group) is 2. The zero-order valence-electron chi connectivity index (χ0n) is 9.73. The number of nitrogens with one attached hydrogen (secondary N) is 1. The number of rotatable bonds is 5. The minimum Gasteiger partial charge on any atom is -0.355 e. The van der Waals surface area contributed by atoms with Gasteiger partial charge in [-0.1, -0.05) is 6.07 Å². The largest absolute Gasteiger partial charge is 0.355 e. The summed E-state index contributed by atoms with van der Waals surface area (Å²) in [4.78, 5) is 17.4. The number of carbonyl (C=O) groups excluding carboxylic acids is 1. The highest BCUT2D eigenvalue weighted by molar-refractivity contribution is 5.80. The average Bonchev–Trinajstić information content (AvgIpc) is 2.29. The quantitative estimate of drug-likeness (QED) is 0.742. The molecule has 5 nitrogen and oxygen atoms in total. The molecule has 0 bridgehead atoms. The van der Waals surface area contributed by atoms with E-state index >= 15 is 0 Å². The van der Waals surface area contributed by atoms with Gasteiger partial charge in [0.15, 0.2) is 0 Å². The topological polar surface area (TPSA) is 71.2 Å². The molecule has 1 rings (SSSR count). The molecule has 16 heavy (non-hydrogen) atoms. The summed E-state index contributed by atoms with van der Waals surface area (Å²) >= 11 is 0. The lowest BCUT2D eigenvalue weighted by Gasteiger charge is -2.17. The predicted molar refractivity (Wildman–Crippen MR) is 64.1 cm³/mol. The second-order valence-corrected chi connectivity index (χ2v) is 3.54. The van der Waals surface area contributed by atoms with E-state index in [9.17, 15) is 4.79 Å². The van der Waals surface area contributed by atoms with E-state index in [0.29, 0.717) is 19.6 Å². The lowest BCUT2D eigenvalue weighted by Crippen LogP contribution is -2.35. The molecule has 0 unspecified atom stereocenters. The first-order valence-corrected chi connectivity index (χ1v) is 5.30. The summed E-state index contributed by atoms with van der Waals surface area (Å²) < 4.78 is 0. The second-order valence-electron chi connectivity index (χ2n) is 3.54. The normalized spacial score (nSPS) is 9.94. The van der Waals surface area contributed by atoms with Crippen LogP contribution in [-0.4, -0.2) is 31.0 Å². The highest BCUT2D eigenvalue weighted by Crippen LogP contribution is 2.08. The summed E-state index contributed by atoms with van der Waals surface area (Å²) in [5.41, 5.74) is 6.46. The molecule has 1 amide bonds. The Labute approximate surface area is 95.7 Å². The molecular weight excluding hydrogens is 204 g/mol. The number of nitrogens with two attached hydrogens (primary N) is 1. The van der Waals surface area contributed by atoms with Gasteiger partial charge in [-0.05, 0) is 18.6 Å². The van der Waals surface area contributed by atoms with E-state index in [-0.39, 0.29) is 5.91 Å². The molecule has 0 aliphatic rings. The first-order chi connectivity index (χ1) is 7.67. The van der Waals surface area contributed by atoms with Crippen molar-refractivity contribution in [2.45, 2.75) is 13.5 Å². The van der Waals surface area contributed by atoms with E-state index in [0.717, 1.165) is 11.4 Å².